The lowest BCUT2D eigenvalue weighted by molar-refractivity contribution is 0.102. The SMILES string of the molecule is Cc1ccc(C)n1-c1sccc1C(=O)Nc1ccc(N2CCOCC2)cc1. The Bertz CT molecular complexity index is 917. The van der Waals surface area contributed by atoms with Crippen LogP contribution in [0.3, 0.4) is 0 Å². The molecule has 1 aromatic carbocycles. The quantitative estimate of drug-likeness (QED) is 0.735. The maximum absolute atomic E-state index is 12.9. The molecule has 0 atom stereocenters. The Morgan fingerprint density at radius 1 is 1.00 bits per heavy atom. The maximum Gasteiger partial charge on any atom is 0.258 e. The molecule has 1 saturated heterocycles. The highest BCUT2D eigenvalue weighted by Crippen LogP contribution is 2.27. The van der Waals surface area contributed by atoms with Gasteiger partial charge in [-0.2, -0.15) is 0 Å². The third kappa shape index (κ3) is 3.63. The van der Waals surface area contributed by atoms with Crippen molar-refractivity contribution in [1.82, 2.24) is 4.57 Å². The van der Waals surface area contributed by atoms with Crippen molar-refractivity contribution in [2.24, 2.45) is 0 Å². The standard InChI is InChI=1S/C21H23N3O2S/c1-15-3-4-16(2)24(15)21-19(9-14-27-21)20(25)22-17-5-7-18(8-6-17)23-10-12-26-13-11-23/h3-9,14H,10-13H2,1-2H3,(H,22,25). The van der Waals surface area contributed by atoms with Crippen LogP contribution < -0.4 is 10.2 Å². The Labute approximate surface area is 163 Å². The van der Waals surface area contributed by atoms with E-state index < -0.39 is 0 Å². The number of anilines is 2. The van der Waals surface area contributed by atoms with Crippen molar-refractivity contribution < 1.29 is 9.53 Å². The fourth-order valence-electron chi connectivity index (χ4n) is 3.41. The number of amides is 1. The van der Waals surface area contributed by atoms with Crippen LogP contribution in [0.5, 0.6) is 0 Å². The van der Waals surface area contributed by atoms with E-state index in [-0.39, 0.29) is 5.91 Å². The Hall–Kier alpha value is -2.57. The summed E-state index contributed by atoms with van der Waals surface area (Å²) in [6, 6.07) is 14.0. The first-order valence-electron chi connectivity index (χ1n) is 9.10. The fourth-order valence-corrected chi connectivity index (χ4v) is 4.43. The second-order valence-corrected chi connectivity index (χ2v) is 7.59. The largest absolute Gasteiger partial charge is 0.378 e. The minimum Gasteiger partial charge on any atom is -0.378 e. The molecule has 0 spiro atoms. The number of carbonyl (C=O) groups is 1. The van der Waals surface area contributed by atoms with Crippen molar-refractivity contribution in [2.45, 2.75) is 13.8 Å². The topological polar surface area (TPSA) is 46.5 Å². The molecule has 1 aliphatic rings. The molecule has 2 aromatic heterocycles. The second kappa shape index (κ2) is 7.58. The van der Waals surface area contributed by atoms with E-state index in [2.05, 4.69) is 52.9 Å². The van der Waals surface area contributed by atoms with Crippen LogP contribution in [-0.2, 0) is 4.74 Å². The molecule has 0 bridgehead atoms. The molecule has 0 saturated carbocycles. The number of aryl methyl sites for hydroxylation is 2. The van der Waals surface area contributed by atoms with Gasteiger partial charge in [0.15, 0.2) is 0 Å². The van der Waals surface area contributed by atoms with Crippen LogP contribution in [0.2, 0.25) is 0 Å². The predicted molar refractivity (Wildman–Crippen MR) is 111 cm³/mol. The average Bonchev–Trinajstić information content (AvgIpc) is 3.29. The number of ether oxygens (including phenoxy) is 1. The van der Waals surface area contributed by atoms with Crippen LogP contribution in [0, 0.1) is 13.8 Å². The number of thiophene rings is 1. The number of aromatic nitrogens is 1. The van der Waals surface area contributed by atoms with E-state index in [0.29, 0.717) is 5.56 Å². The first-order valence-corrected chi connectivity index (χ1v) is 9.98. The molecule has 6 heteroatoms. The van der Waals surface area contributed by atoms with Crippen LogP contribution in [-0.4, -0.2) is 36.8 Å². The number of nitrogens with one attached hydrogen (secondary N) is 1. The maximum atomic E-state index is 12.9. The summed E-state index contributed by atoms with van der Waals surface area (Å²) in [5.41, 5.74) is 4.90. The van der Waals surface area contributed by atoms with Gasteiger partial charge < -0.3 is 19.5 Å². The zero-order valence-corrected chi connectivity index (χ0v) is 16.4. The highest BCUT2D eigenvalue weighted by atomic mass is 32.1. The monoisotopic (exact) mass is 381 g/mol. The van der Waals surface area contributed by atoms with E-state index in [0.717, 1.165) is 54.1 Å². The minimum atomic E-state index is -0.0853. The van der Waals surface area contributed by atoms with Crippen LogP contribution in [0.15, 0.2) is 47.8 Å². The van der Waals surface area contributed by atoms with Crippen molar-refractivity contribution in [3.63, 3.8) is 0 Å². The Kier molecular flexibility index (Phi) is 5.01. The number of morpholine rings is 1. The highest BCUT2D eigenvalue weighted by Gasteiger charge is 2.17. The lowest BCUT2D eigenvalue weighted by Gasteiger charge is -2.28. The van der Waals surface area contributed by atoms with Gasteiger partial charge in [-0.1, -0.05) is 0 Å². The molecular formula is C21H23N3O2S. The minimum absolute atomic E-state index is 0.0853. The van der Waals surface area contributed by atoms with Crippen molar-refractivity contribution >= 4 is 28.6 Å². The van der Waals surface area contributed by atoms with Crippen molar-refractivity contribution in [1.29, 1.82) is 0 Å². The molecule has 1 amide bonds. The molecule has 1 fully saturated rings. The lowest BCUT2D eigenvalue weighted by atomic mass is 10.2. The molecule has 0 unspecified atom stereocenters. The average molecular weight is 382 g/mol. The Morgan fingerprint density at radius 3 is 2.33 bits per heavy atom. The molecule has 4 rings (SSSR count). The molecule has 0 radical (unpaired) electrons. The number of hydrogen-bond donors (Lipinski definition) is 1. The number of carbonyl (C=O) groups excluding carboxylic acids is 1. The summed E-state index contributed by atoms with van der Waals surface area (Å²) < 4.78 is 7.52. The first-order chi connectivity index (χ1) is 13.1. The van der Waals surface area contributed by atoms with E-state index in [1.54, 1.807) is 11.3 Å². The van der Waals surface area contributed by atoms with Gasteiger partial charge in [0.05, 0.1) is 18.8 Å². The number of rotatable bonds is 4. The van der Waals surface area contributed by atoms with Gasteiger partial charge in [0.1, 0.15) is 5.00 Å². The van der Waals surface area contributed by atoms with E-state index in [1.165, 1.54) is 0 Å². The highest BCUT2D eigenvalue weighted by molar-refractivity contribution is 7.13. The van der Waals surface area contributed by atoms with Gasteiger partial charge in [0, 0.05) is 35.9 Å². The van der Waals surface area contributed by atoms with Gasteiger partial charge in [-0.3, -0.25) is 4.79 Å². The van der Waals surface area contributed by atoms with E-state index in [9.17, 15) is 4.79 Å². The van der Waals surface area contributed by atoms with Crippen LogP contribution >= 0.6 is 11.3 Å². The second-order valence-electron chi connectivity index (χ2n) is 6.69. The third-order valence-corrected chi connectivity index (χ3v) is 5.76. The van der Waals surface area contributed by atoms with Crippen LogP contribution in [0.4, 0.5) is 11.4 Å². The summed E-state index contributed by atoms with van der Waals surface area (Å²) in [6.45, 7) is 7.44. The van der Waals surface area contributed by atoms with E-state index in [4.69, 9.17) is 4.74 Å². The smallest absolute Gasteiger partial charge is 0.258 e. The molecule has 1 aliphatic heterocycles. The van der Waals surface area contributed by atoms with Gasteiger partial charge in [0.2, 0.25) is 0 Å². The summed E-state index contributed by atoms with van der Waals surface area (Å²) in [6.07, 6.45) is 0. The van der Waals surface area contributed by atoms with Gasteiger partial charge in [-0.05, 0) is 61.7 Å². The number of hydrogen-bond acceptors (Lipinski definition) is 4. The molecule has 3 aromatic rings. The molecule has 140 valence electrons. The van der Waals surface area contributed by atoms with Crippen molar-refractivity contribution in [2.75, 3.05) is 36.5 Å². The number of nitrogens with zero attached hydrogens (tertiary/aromatic N) is 2. The fraction of sp³-hybridized carbons (Fsp3) is 0.286. The van der Waals surface area contributed by atoms with E-state index >= 15 is 0 Å². The molecule has 3 heterocycles. The summed E-state index contributed by atoms with van der Waals surface area (Å²) in [5.74, 6) is -0.0853. The Morgan fingerprint density at radius 2 is 1.67 bits per heavy atom. The first kappa shape index (κ1) is 17.8. The third-order valence-electron chi connectivity index (χ3n) is 4.87. The summed E-state index contributed by atoms with van der Waals surface area (Å²) >= 11 is 1.58. The summed E-state index contributed by atoms with van der Waals surface area (Å²) in [5, 5.41) is 5.95. The van der Waals surface area contributed by atoms with E-state index in [1.807, 2.05) is 23.6 Å². The van der Waals surface area contributed by atoms with Gasteiger partial charge in [-0.25, -0.2) is 0 Å². The molecule has 1 N–H and O–H groups in total. The van der Waals surface area contributed by atoms with Gasteiger partial charge in [0.25, 0.3) is 5.91 Å². The van der Waals surface area contributed by atoms with Crippen LogP contribution in [0.1, 0.15) is 21.7 Å². The zero-order valence-electron chi connectivity index (χ0n) is 15.6. The normalized spacial score (nSPS) is 14.4. The van der Waals surface area contributed by atoms with Gasteiger partial charge >= 0.3 is 0 Å². The van der Waals surface area contributed by atoms with Crippen LogP contribution in [0.25, 0.3) is 5.00 Å². The lowest BCUT2D eigenvalue weighted by Crippen LogP contribution is -2.36. The van der Waals surface area contributed by atoms with Gasteiger partial charge in [-0.15, -0.1) is 11.3 Å². The summed E-state index contributed by atoms with van der Waals surface area (Å²) in [7, 11) is 0. The molecular weight excluding hydrogens is 358 g/mol. The molecule has 5 nitrogen and oxygen atoms in total. The molecule has 27 heavy (non-hydrogen) atoms. The predicted octanol–water partition coefficient (Wildman–Crippen LogP) is 4.24. The van der Waals surface area contributed by atoms with Crippen molar-refractivity contribution in [3.8, 4) is 5.00 Å². The zero-order chi connectivity index (χ0) is 18.8. The summed E-state index contributed by atoms with van der Waals surface area (Å²) in [4.78, 5) is 15.2. The number of benzene rings is 1. The molecule has 0 aliphatic carbocycles. The van der Waals surface area contributed by atoms with Crippen molar-refractivity contribution in [3.05, 3.63) is 64.8 Å². The Balaban J connectivity index is 1.51.